The Hall–Kier alpha value is -2.04. The number of rotatable bonds is 5. The minimum Gasteiger partial charge on any atom is -0.495 e. The molecule has 2 aromatic carbocycles. The van der Waals surface area contributed by atoms with Gasteiger partial charge in [-0.15, -0.1) is 0 Å². The maximum absolute atomic E-state index is 13.0. The standard InChI is InChI=1S/C19H21ClN2O2/c1-24-17-10-9-15(13-16(17)20)21-19(23)18(22-11-5-6-12-22)14-7-3-2-4-8-14/h2-4,7-10,13,18H,5-6,11-12H2,1H3,(H,21,23)/p+1/t18-/m1/s1. The SMILES string of the molecule is COc1ccc(NC(=O)[C@@H](c2ccccc2)[NH+]2CCCC2)cc1Cl. The van der Waals surface area contributed by atoms with Gasteiger partial charge in [-0.2, -0.15) is 0 Å². The highest BCUT2D eigenvalue weighted by atomic mass is 35.5. The van der Waals surface area contributed by atoms with Crippen molar-refractivity contribution in [3.8, 4) is 5.75 Å². The van der Waals surface area contributed by atoms with E-state index in [9.17, 15) is 4.79 Å². The van der Waals surface area contributed by atoms with Crippen molar-refractivity contribution in [1.82, 2.24) is 0 Å². The fourth-order valence-corrected chi connectivity index (χ4v) is 3.55. The monoisotopic (exact) mass is 345 g/mol. The summed E-state index contributed by atoms with van der Waals surface area (Å²) >= 11 is 6.16. The lowest BCUT2D eigenvalue weighted by Crippen LogP contribution is -3.11. The van der Waals surface area contributed by atoms with Gasteiger partial charge in [0, 0.05) is 24.1 Å². The first-order valence-corrected chi connectivity index (χ1v) is 8.61. The predicted molar refractivity (Wildman–Crippen MR) is 95.7 cm³/mol. The average molecular weight is 346 g/mol. The molecule has 4 nitrogen and oxygen atoms in total. The van der Waals surface area contributed by atoms with Gasteiger partial charge in [0.2, 0.25) is 0 Å². The summed E-state index contributed by atoms with van der Waals surface area (Å²) < 4.78 is 5.15. The van der Waals surface area contributed by atoms with Crippen LogP contribution in [-0.4, -0.2) is 26.1 Å². The summed E-state index contributed by atoms with van der Waals surface area (Å²) in [5, 5.41) is 3.50. The zero-order valence-corrected chi connectivity index (χ0v) is 14.5. The molecule has 0 saturated carbocycles. The maximum Gasteiger partial charge on any atom is 0.287 e. The minimum atomic E-state index is -0.199. The summed E-state index contributed by atoms with van der Waals surface area (Å²) in [4.78, 5) is 14.3. The fraction of sp³-hybridized carbons (Fsp3) is 0.316. The molecule has 2 N–H and O–H groups in total. The van der Waals surface area contributed by atoms with Crippen LogP contribution >= 0.6 is 11.6 Å². The van der Waals surface area contributed by atoms with E-state index in [0.29, 0.717) is 16.5 Å². The highest BCUT2D eigenvalue weighted by Crippen LogP contribution is 2.27. The van der Waals surface area contributed by atoms with Gasteiger partial charge >= 0.3 is 0 Å². The van der Waals surface area contributed by atoms with E-state index in [1.54, 1.807) is 19.2 Å². The van der Waals surface area contributed by atoms with E-state index in [1.807, 2.05) is 36.4 Å². The maximum atomic E-state index is 13.0. The van der Waals surface area contributed by atoms with Crippen molar-refractivity contribution in [3.05, 3.63) is 59.1 Å². The number of amides is 1. The van der Waals surface area contributed by atoms with Gasteiger partial charge in [-0.05, 0) is 18.2 Å². The van der Waals surface area contributed by atoms with Crippen LogP contribution in [0, 0.1) is 0 Å². The lowest BCUT2D eigenvalue weighted by atomic mass is 10.0. The molecule has 0 spiro atoms. The minimum absolute atomic E-state index is 0.000617. The second-order valence-electron chi connectivity index (χ2n) is 6.05. The number of hydrogen-bond donors (Lipinski definition) is 2. The Bertz CT molecular complexity index is 700. The predicted octanol–water partition coefficient (Wildman–Crippen LogP) is 2.71. The zero-order valence-electron chi connectivity index (χ0n) is 13.7. The van der Waals surface area contributed by atoms with E-state index < -0.39 is 0 Å². The highest BCUT2D eigenvalue weighted by Gasteiger charge is 2.33. The van der Waals surface area contributed by atoms with Crippen LogP contribution in [0.2, 0.25) is 5.02 Å². The van der Waals surface area contributed by atoms with Crippen molar-refractivity contribution in [2.75, 3.05) is 25.5 Å². The van der Waals surface area contributed by atoms with E-state index in [-0.39, 0.29) is 11.9 Å². The lowest BCUT2D eigenvalue weighted by Gasteiger charge is -2.24. The van der Waals surface area contributed by atoms with Crippen molar-refractivity contribution in [1.29, 1.82) is 0 Å². The van der Waals surface area contributed by atoms with Gasteiger partial charge in [0.25, 0.3) is 5.91 Å². The highest BCUT2D eigenvalue weighted by molar-refractivity contribution is 6.32. The molecule has 0 bridgehead atoms. The summed E-state index contributed by atoms with van der Waals surface area (Å²) in [5.41, 5.74) is 1.73. The molecule has 1 saturated heterocycles. The third-order valence-corrected chi connectivity index (χ3v) is 4.76. The molecule has 5 heteroatoms. The lowest BCUT2D eigenvalue weighted by molar-refractivity contribution is -0.909. The molecule has 1 aliphatic heterocycles. The van der Waals surface area contributed by atoms with Crippen molar-refractivity contribution in [2.45, 2.75) is 18.9 Å². The first kappa shape index (κ1) is 16.8. The van der Waals surface area contributed by atoms with Crippen molar-refractivity contribution in [2.24, 2.45) is 0 Å². The molecule has 1 amide bonds. The smallest absolute Gasteiger partial charge is 0.287 e. The number of nitrogens with one attached hydrogen (secondary N) is 2. The Kier molecular flexibility index (Phi) is 5.38. The number of likely N-dealkylation sites (tertiary alicyclic amines) is 1. The average Bonchev–Trinajstić information content (AvgIpc) is 3.10. The molecule has 3 rings (SSSR count). The number of anilines is 1. The molecular formula is C19H22ClN2O2+. The molecule has 0 radical (unpaired) electrons. The van der Waals surface area contributed by atoms with Crippen molar-refractivity contribution in [3.63, 3.8) is 0 Å². The molecule has 126 valence electrons. The van der Waals surface area contributed by atoms with Gasteiger partial charge in [0.1, 0.15) is 5.75 Å². The van der Waals surface area contributed by atoms with E-state index >= 15 is 0 Å². The van der Waals surface area contributed by atoms with Crippen molar-refractivity contribution < 1.29 is 14.4 Å². The Balaban J connectivity index is 1.82. The van der Waals surface area contributed by atoms with Gasteiger partial charge in [-0.3, -0.25) is 4.79 Å². The first-order chi connectivity index (χ1) is 11.7. The number of methoxy groups -OCH3 is 1. The normalized spacial score (nSPS) is 15.9. The second-order valence-corrected chi connectivity index (χ2v) is 6.45. The van der Waals surface area contributed by atoms with Crippen LogP contribution in [0.4, 0.5) is 5.69 Å². The van der Waals surface area contributed by atoms with E-state index in [1.165, 1.54) is 17.7 Å². The van der Waals surface area contributed by atoms with Crippen LogP contribution in [0.5, 0.6) is 5.75 Å². The van der Waals surface area contributed by atoms with E-state index in [4.69, 9.17) is 16.3 Å². The molecular weight excluding hydrogens is 324 g/mol. The van der Waals surface area contributed by atoms with Gasteiger partial charge in [-0.25, -0.2) is 0 Å². The number of carbonyl (C=O) groups is 1. The second kappa shape index (κ2) is 7.69. The fourth-order valence-electron chi connectivity index (χ4n) is 3.29. The van der Waals surface area contributed by atoms with Gasteiger partial charge < -0.3 is 15.0 Å². The van der Waals surface area contributed by atoms with Gasteiger partial charge in [-0.1, -0.05) is 41.9 Å². The number of carbonyl (C=O) groups excluding carboxylic acids is 1. The molecule has 1 aliphatic rings. The van der Waals surface area contributed by atoms with Crippen LogP contribution < -0.4 is 15.0 Å². The molecule has 2 aromatic rings. The van der Waals surface area contributed by atoms with Crippen LogP contribution in [0.15, 0.2) is 48.5 Å². The zero-order chi connectivity index (χ0) is 16.9. The summed E-state index contributed by atoms with van der Waals surface area (Å²) in [5.74, 6) is 0.596. The molecule has 0 aliphatic carbocycles. The summed E-state index contributed by atoms with van der Waals surface area (Å²) in [6.07, 6.45) is 2.33. The third-order valence-electron chi connectivity index (χ3n) is 4.47. The number of quaternary nitrogens is 1. The summed E-state index contributed by atoms with van der Waals surface area (Å²) in [6.45, 7) is 2.05. The number of hydrogen-bond acceptors (Lipinski definition) is 2. The van der Waals surface area contributed by atoms with Gasteiger partial charge in [0.05, 0.1) is 25.2 Å². The molecule has 1 heterocycles. The number of benzene rings is 2. The molecule has 0 aromatic heterocycles. The summed E-state index contributed by atoms with van der Waals surface area (Å²) in [6, 6.07) is 15.1. The van der Waals surface area contributed by atoms with Crippen LogP contribution in [0.1, 0.15) is 24.4 Å². The number of halogens is 1. The van der Waals surface area contributed by atoms with Crippen LogP contribution in [0.3, 0.4) is 0 Å². The van der Waals surface area contributed by atoms with Crippen molar-refractivity contribution >= 4 is 23.2 Å². The summed E-state index contributed by atoms with van der Waals surface area (Å²) in [7, 11) is 1.57. The molecule has 1 fully saturated rings. The first-order valence-electron chi connectivity index (χ1n) is 8.23. The Labute approximate surface area is 147 Å². The number of ether oxygens (including phenoxy) is 1. The Morgan fingerprint density at radius 2 is 1.88 bits per heavy atom. The van der Waals surface area contributed by atoms with E-state index in [0.717, 1.165) is 18.7 Å². The largest absolute Gasteiger partial charge is 0.495 e. The Morgan fingerprint density at radius 1 is 1.17 bits per heavy atom. The molecule has 0 unspecified atom stereocenters. The van der Waals surface area contributed by atoms with Gasteiger partial charge in [0.15, 0.2) is 6.04 Å². The van der Waals surface area contributed by atoms with Crippen LogP contribution in [-0.2, 0) is 4.79 Å². The molecule has 24 heavy (non-hydrogen) atoms. The van der Waals surface area contributed by atoms with Crippen LogP contribution in [0.25, 0.3) is 0 Å². The Morgan fingerprint density at radius 3 is 2.50 bits per heavy atom. The topological polar surface area (TPSA) is 42.8 Å². The van der Waals surface area contributed by atoms with E-state index in [2.05, 4.69) is 5.32 Å². The molecule has 1 atom stereocenters. The third kappa shape index (κ3) is 3.71. The quantitative estimate of drug-likeness (QED) is 0.875.